The molecule has 1 aromatic carbocycles. The maximum absolute atomic E-state index is 12.5. The molecule has 2 aromatic rings. The Morgan fingerprint density at radius 3 is 2.96 bits per heavy atom. The van der Waals surface area contributed by atoms with Crippen molar-refractivity contribution in [2.75, 3.05) is 12.4 Å². The highest BCUT2D eigenvalue weighted by molar-refractivity contribution is 6.05. The van der Waals surface area contributed by atoms with Crippen LogP contribution in [0.3, 0.4) is 0 Å². The predicted molar refractivity (Wildman–Crippen MR) is 101 cm³/mol. The van der Waals surface area contributed by atoms with Gasteiger partial charge in [0.05, 0.1) is 19.8 Å². The minimum atomic E-state index is -0.242. The van der Waals surface area contributed by atoms with E-state index in [1.165, 1.54) is 20.0 Å². The lowest BCUT2D eigenvalue weighted by Gasteiger charge is -2.26. The highest BCUT2D eigenvalue weighted by Gasteiger charge is 2.19. The highest BCUT2D eigenvalue weighted by atomic mass is 16.5. The van der Waals surface area contributed by atoms with Crippen molar-refractivity contribution >= 4 is 11.6 Å². The molecule has 1 N–H and O–H groups in total. The third-order valence-corrected chi connectivity index (χ3v) is 4.77. The second kappa shape index (κ2) is 8.81. The Balaban J connectivity index is 1.61. The molecule has 0 spiro atoms. The van der Waals surface area contributed by atoms with Crippen LogP contribution in [0.4, 0.5) is 5.69 Å². The number of aromatic nitrogens is 1. The van der Waals surface area contributed by atoms with E-state index in [1.54, 1.807) is 18.3 Å². The molecule has 3 rings (SSSR count). The van der Waals surface area contributed by atoms with Gasteiger partial charge in [0.25, 0.3) is 5.91 Å². The van der Waals surface area contributed by atoms with E-state index in [2.05, 4.69) is 17.2 Å². The number of benzene rings is 1. The van der Waals surface area contributed by atoms with Gasteiger partial charge in [0.2, 0.25) is 5.88 Å². The van der Waals surface area contributed by atoms with Crippen LogP contribution in [-0.2, 0) is 11.3 Å². The fourth-order valence-electron chi connectivity index (χ4n) is 3.41. The van der Waals surface area contributed by atoms with Crippen LogP contribution in [0.2, 0.25) is 0 Å². The molecule has 1 aliphatic carbocycles. The van der Waals surface area contributed by atoms with Crippen molar-refractivity contribution in [2.24, 2.45) is 5.92 Å². The van der Waals surface area contributed by atoms with E-state index >= 15 is 0 Å². The molecule has 5 heteroatoms. The second-order valence-electron chi connectivity index (χ2n) is 6.92. The van der Waals surface area contributed by atoms with Crippen molar-refractivity contribution in [3.05, 3.63) is 53.7 Å². The third kappa shape index (κ3) is 4.82. The van der Waals surface area contributed by atoms with Gasteiger partial charge in [-0.15, -0.1) is 0 Å². The molecule has 1 fully saturated rings. The molecule has 0 saturated heterocycles. The summed E-state index contributed by atoms with van der Waals surface area (Å²) < 4.78 is 11.2. The monoisotopic (exact) mass is 354 g/mol. The van der Waals surface area contributed by atoms with E-state index in [0.717, 1.165) is 30.0 Å². The average molecular weight is 354 g/mol. The normalized spacial score (nSPS) is 19.8. The van der Waals surface area contributed by atoms with E-state index < -0.39 is 0 Å². The fourth-order valence-corrected chi connectivity index (χ4v) is 3.41. The van der Waals surface area contributed by atoms with Gasteiger partial charge in [-0.3, -0.25) is 4.79 Å². The van der Waals surface area contributed by atoms with Crippen molar-refractivity contribution < 1.29 is 14.3 Å². The van der Waals surface area contributed by atoms with Crippen molar-refractivity contribution in [3.63, 3.8) is 0 Å². The number of rotatable bonds is 6. The summed E-state index contributed by atoms with van der Waals surface area (Å²) in [4.78, 5) is 16.5. The number of hydrogen-bond acceptors (Lipinski definition) is 4. The van der Waals surface area contributed by atoms with Gasteiger partial charge >= 0.3 is 0 Å². The first kappa shape index (κ1) is 18.4. The number of carbonyl (C=O) groups excluding carboxylic acids is 1. The average Bonchev–Trinajstić information content (AvgIpc) is 2.66. The standard InChI is InChI=1S/C21H26N2O3/c1-15-6-3-9-18(12-15)26-14-16-7-4-8-17(13-16)23-20(24)19-10-5-11-22-21(19)25-2/h4-5,7-8,10-11,13,15,18H,3,6,9,12,14H2,1-2H3,(H,23,24). The van der Waals surface area contributed by atoms with Gasteiger partial charge in [0.15, 0.2) is 0 Å². The summed E-state index contributed by atoms with van der Waals surface area (Å²) in [7, 11) is 1.50. The summed E-state index contributed by atoms with van der Waals surface area (Å²) in [5.74, 6) is 0.818. The van der Waals surface area contributed by atoms with Gasteiger partial charge in [0.1, 0.15) is 5.56 Å². The van der Waals surface area contributed by atoms with E-state index in [4.69, 9.17) is 9.47 Å². The molecule has 1 saturated carbocycles. The molecule has 0 radical (unpaired) electrons. The molecule has 1 aliphatic rings. The molecular formula is C21H26N2O3. The van der Waals surface area contributed by atoms with Crippen LogP contribution < -0.4 is 10.1 Å². The molecule has 0 aliphatic heterocycles. The quantitative estimate of drug-likeness (QED) is 0.833. The van der Waals surface area contributed by atoms with Gasteiger partial charge in [-0.25, -0.2) is 4.98 Å². The van der Waals surface area contributed by atoms with Crippen LogP contribution in [0.25, 0.3) is 0 Å². The zero-order chi connectivity index (χ0) is 18.4. The lowest BCUT2D eigenvalue weighted by molar-refractivity contribution is 0.00468. The number of pyridine rings is 1. The first-order valence-electron chi connectivity index (χ1n) is 9.16. The predicted octanol–water partition coefficient (Wildman–Crippen LogP) is 4.44. The first-order valence-corrected chi connectivity index (χ1v) is 9.16. The van der Waals surface area contributed by atoms with Crippen LogP contribution in [0.5, 0.6) is 5.88 Å². The Morgan fingerprint density at radius 1 is 1.27 bits per heavy atom. The van der Waals surface area contributed by atoms with Crippen molar-refractivity contribution in [1.29, 1.82) is 0 Å². The van der Waals surface area contributed by atoms with Crippen LogP contribution in [0.1, 0.15) is 48.5 Å². The fraction of sp³-hybridized carbons (Fsp3) is 0.429. The number of ether oxygens (including phenoxy) is 2. The van der Waals surface area contributed by atoms with Crippen LogP contribution >= 0.6 is 0 Å². The van der Waals surface area contributed by atoms with Crippen molar-refractivity contribution in [2.45, 2.75) is 45.3 Å². The minimum Gasteiger partial charge on any atom is -0.480 e. The van der Waals surface area contributed by atoms with Gasteiger partial charge in [-0.05, 0) is 48.6 Å². The van der Waals surface area contributed by atoms with E-state index in [1.807, 2.05) is 24.3 Å². The Bertz CT molecular complexity index is 748. The summed E-state index contributed by atoms with van der Waals surface area (Å²) in [6, 6.07) is 11.2. The molecular weight excluding hydrogens is 328 g/mol. The van der Waals surface area contributed by atoms with E-state index in [9.17, 15) is 4.79 Å². The Labute approximate surface area is 154 Å². The number of hydrogen-bond donors (Lipinski definition) is 1. The van der Waals surface area contributed by atoms with Crippen LogP contribution in [0.15, 0.2) is 42.6 Å². The zero-order valence-corrected chi connectivity index (χ0v) is 15.4. The van der Waals surface area contributed by atoms with Gasteiger partial charge < -0.3 is 14.8 Å². The van der Waals surface area contributed by atoms with Crippen molar-refractivity contribution in [3.8, 4) is 5.88 Å². The summed E-state index contributed by atoms with van der Waals surface area (Å²) in [5, 5.41) is 2.90. The number of methoxy groups -OCH3 is 1. The number of anilines is 1. The van der Waals surface area contributed by atoms with Crippen LogP contribution in [-0.4, -0.2) is 24.1 Å². The lowest BCUT2D eigenvalue weighted by Crippen LogP contribution is -2.21. The van der Waals surface area contributed by atoms with Gasteiger partial charge in [-0.1, -0.05) is 31.9 Å². The summed E-state index contributed by atoms with van der Waals surface area (Å²) >= 11 is 0. The molecule has 26 heavy (non-hydrogen) atoms. The summed E-state index contributed by atoms with van der Waals surface area (Å²) in [6.07, 6.45) is 6.77. The molecule has 2 atom stereocenters. The first-order chi connectivity index (χ1) is 12.7. The maximum atomic E-state index is 12.5. The smallest absolute Gasteiger partial charge is 0.261 e. The third-order valence-electron chi connectivity index (χ3n) is 4.77. The second-order valence-corrected chi connectivity index (χ2v) is 6.92. The highest BCUT2D eigenvalue weighted by Crippen LogP contribution is 2.26. The van der Waals surface area contributed by atoms with E-state index in [0.29, 0.717) is 24.2 Å². The van der Waals surface area contributed by atoms with E-state index in [-0.39, 0.29) is 5.91 Å². The molecule has 1 heterocycles. The molecule has 0 bridgehead atoms. The molecule has 5 nitrogen and oxygen atoms in total. The Kier molecular flexibility index (Phi) is 6.23. The van der Waals surface area contributed by atoms with Gasteiger partial charge in [0, 0.05) is 11.9 Å². The molecule has 2 unspecified atom stereocenters. The molecule has 1 aromatic heterocycles. The number of carbonyl (C=O) groups is 1. The summed E-state index contributed by atoms with van der Waals surface area (Å²) in [5.41, 5.74) is 2.20. The zero-order valence-electron chi connectivity index (χ0n) is 15.4. The SMILES string of the molecule is COc1ncccc1C(=O)Nc1cccc(COC2CCCC(C)C2)c1. The Hall–Kier alpha value is -2.40. The van der Waals surface area contributed by atoms with Gasteiger partial charge in [-0.2, -0.15) is 0 Å². The molecule has 138 valence electrons. The maximum Gasteiger partial charge on any atom is 0.261 e. The summed E-state index contributed by atoms with van der Waals surface area (Å²) in [6.45, 7) is 2.86. The number of amides is 1. The van der Waals surface area contributed by atoms with Crippen molar-refractivity contribution in [1.82, 2.24) is 4.98 Å². The topological polar surface area (TPSA) is 60.5 Å². The minimum absolute atomic E-state index is 0.242. The number of nitrogens with zero attached hydrogens (tertiary/aromatic N) is 1. The van der Waals surface area contributed by atoms with Crippen LogP contribution in [0, 0.1) is 5.92 Å². The molecule has 1 amide bonds. The Morgan fingerprint density at radius 2 is 2.15 bits per heavy atom. The largest absolute Gasteiger partial charge is 0.480 e. The lowest BCUT2D eigenvalue weighted by atomic mass is 9.89. The number of nitrogens with one attached hydrogen (secondary N) is 1.